The Morgan fingerprint density at radius 2 is 0.919 bits per heavy atom. The average Bonchev–Trinajstić information content (AvgIpc) is 3.39. The summed E-state index contributed by atoms with van der Waals surface area (Å²) in [6, 6.07) is 35.9. The van der Waals surface area contributed by atoms with E-state index in [4.69, 9.17) is 0 Å². The third-order valence-electron chi connectivity index (χ3n) is 8.49. The van der Waals surface area contributed by atoms with Gasteiger partial charge in [-0.15, -0.1) is 0 Å². The lowest BCUT2D eigenvalue weighted by Crippen LogP contribution is -2.18. The first-order valence-corrected chi connectivity index (χ1v) is 14.8. The Hall–Kier alpha value is -3.42. The number of hydrogen-bond acceptors (Lipinski definition) is 0. The average molecular weight is 495 g/mol. The van der Waals surface area contributed by atoms with Crippen molar-refractivity contribution in [1.29, 1.82) is 0 Å². The number of allylic oxidation sites excluding steroid dienone is 4. The Morgan fingerprint density at radius 3 is 1.30 bits per heavy atom. The molecule has 0 amide bonds. The number of hydrogen-bond donors (Lipinski definition) is 0. The summed E-state index contributed by atoms with van der Waals surface area (Å²) in [5.74, 6) is 0. The van der Waals surface area contributed by atoms with E-state index in [2.05, 4.69) is 125 Å². The molecule has 0 spiro atoms. The predicted octanol–water partition coefficient (Wildman–Crippen LogP) is 9.90. The van der Waals surface area contributed by atoms with Gasteiger partial charge in [0.25, 0.3) is 0 Å². The van der Waals surface area contributed by atoms with E-state index in [9.17, 15) is 0 Å². The van der Waals surface area contributed by atoms with Crippen LogP contribution in [0.25, 0.3) is 33.4 Å². The topological polar surface area (TPSA) is 0 Å². The molecule has 182 valence electrons. The SMILES string of the molecule is CCC1=C(C)c2c(-c3ccccc3)cccc2C1[Si]C1C(CC)=C(C)c2c(-c3ccccc3)cccc21. The van der Waals surface area contributed by atoms with Crippen LogP contribution in [0.15, 0.2) is 108 Å². The molecule has 2 atom stereocenters. The highest BCUT2D eigenvalue weighted by Gasteiger charge is 2.37. The molecule has 0 aromatic heterocycles. The van der Waals surface area contributed by atoms with Crippen molar-refractivity contribution >= 4 is 20.7 Å². The van der Waals surface area contributed by atoms with Gasteiger partial charge in [0.1, 0.15) is 0 Å². The van der Waals surface area contributed by atoms with Crippen molar-refractivity contribution in [2.45, 2.75) is 51.6 Å². The van der Waals surface area contributed by atoms with Gasteiger partial charge in [-0.05, 0) is 93.4 Å². The molecule has 4 aromatic rings. The summed E-state index contributed by atoms with van der Waals surface area (Å²) in [6.07, 6.45) is 2.22. The quantitative estimate of drug-likeness (QED) is 0.234. The van der Waals surface area contributed by atoms with Crippen molar-refractivity contribution in [1.82, 2.24) is 0 Å². The van der Waals surface area contributed by atoms with Crippen molar-refractivity contribution in [2.75, 3.05) is 0 Å². The van der Waals surface area contributed by atoms with E-state index in [1.807, 2.05) is 0 Å². The number of rotatable bonds is 6. The second-order valence-electron chi connectivity index (χ2n) is 10.3. The first-order valence-electron chi connectivity index (χ1n) is 13.7. The third-order valence-corrected chi connectivity index (χ3v) is 10.5. The lowest BCUT2D eigenvalue weighted by molar-refractivity contribution is 0.940. The minimum Gasteiger partial charge on any atom is -0.0626 e. The zero-order valence-electron chi connectivity index (χ0n) is 22.3. The van der Waals surface area contributed by atoms with Crippen molar-refractivity contribution in [3.8, 4) is 22.3 Å². The molecule has 2 aliphatic rings. The maximum atomic E-state index is 2.41. The highest BCUT2D eigenvalue weighted by molar-refractivity contribution is 6.44. The fourth-order valence-corrected chi connectivity index (χ4v) is 9.21. The smallest absolute Gasteiger partial charge is 0.0626 e. The summed E-state index contributed by atoms with van der Waals surface area (Å²) in [6.45, 7) is 9.43. The molecule has 1 heteroatoms. The van der Waals surface area contributed by atoms with Crippen LogP contribution < -0.4 is 0 Å². The minimum absolute atomic E-state index is 0.495. The van der Waals surface area contributed by atoms with Gasteiger partial charge in [0, 0.05) is 0 Å². The molecule has 2 radical (unpaired) electrons. The van der Waals surface area contributed by atoms with Crippen LogP contribution in [0.5, 0.6) is 0 Å². The lowest BCUT2D eigenvalue weighted by atomic mass is 9.94. The highest BCUT2D eigenvalue weighted by atomic mass is 28.2. The molecule has 0 heterocycles. The van der Waals surface area contributed by atoms with Crippen LogP contribution in [-0.2, 0) is 0 Å². The standard InChI is InChI=1S/C36H34Si/c1-5-27-23(3)33-29(25-15-9-7-10-16-25)19-13-21-31(33)35(27)37-36-28(6-2)24(4)34-30(20-14-22-32(34)36)26-17-11-8-12-18-26/h7-22,35-36H,5-6H2,1-4H3. The van der Waals surface area contributed by atoms with Crippen molar-refractivity contribution in [2.24, 2.45) is 0 Å². The molecular formula is C36H34Si. The van der Waals surface area contributed by atoms with Gasteiger partial charge in [-0.25, -0.2) is 0 Å². The van der Waals surface area contributed by atoms with Gasteiger partial charge in [-0.3, -0.25) is 0 Å². The zero-order valence-corrected chi connectivity index (χ0v) is 23.3. The van der Waals surface area contributed by atoms with Crippen molar-refractivity contribution in [3.63, 3.8) is 0 Å². The van der Waals surface area contributed by atoms with Gasteiger partial charge in [-0.2, -0.15) is 0 Å². The molecule has 2 aliphatic carbocycles. The van der Waals surface area contributed by atoms with Crippen LogP contribution >= 0.6 is 0 Å². The molecule has 2 unspecified atom stereocenters. The Balaban J connectivity index is 1.46. The van der Waals surface area contributed by atoms with Gasteiger partial charge in [0.05, 0.1) is 9.52 Å². The summed E-state index contributed by atoms with van der Waals surface area (Å²) >= 11 is 0. The van der Waals surface area contributed by atoms with Gasteiger partial charge < -0.3 is 0 Å². The van der Waals surface area contributed by atoms with Crippen LogP contribution in [0.2, 0.25) is 0 Å². The maximum absolute atomic E-state index is 2.41. The molecule has 37 heavy (non-hydrogen) atoms. The fourth-order valence-electron chi connectivity index (χ4n) is 6.79. The van der Waals surface area contributed by atoms with Gasteiger partial charge in [0.2, 0.25) is 0 Å². The van der Waals surface area contributed by atoms with E-state index < -0.39 is 0 Å². The maximum Gasteiger partial charge on any atom is 0.0678 e. The predicted molar refractivity (Wildman–Crippen MR) is 161 cm³/mol. The normalized spacial score (nSPS) is 18.4. The van der Waals surface area contributed by atoms with Crippen molar-refractivity contribution < 1.29 is 0 Å². The minimum atomic E-state index is 0.495. The largest absolute Gasteiger partial charge is 0.0678 e. The second-order valence-corrected chi connectivity index (χ2v) is 11.8. The van der Waals surface area contributed by atoms with E-state index in [1.165, 1.54) is 55.7 Å². The van der Waals surface area contributed by atoms with Crippen LogP contribution in [0.3, 0.4) is 0 Å². The first-order chi connectivity index (χ1) is 18.1. The van der Waals surface area contributed by atoms with E-state index in [-0.39, 0.29) is 0 Å². The summed E-state index contributed by atoms with van der Waals surface area (Å²) < 4.78 is 0. The lowest BCUT2D eigenvalue weighted by Gasteiger charge is -2.23. The molecule has 0 nitrogen and oxygen atoms in total. The van der Waals surface area contributed by atoms with Crippen LogP contribution in [0, 0.1) is 0 Å². The fraction of sp³-hybridized carbons (Fsp3) is 0.222. The second kappa shape index (κ2) is 9.80. The first kappa shape index (κ1) is 23.9. The Bertz CT molecular complexity index is 1400. The summed E-state index contributed by atoms with van der Waals surface area (Å²) in [5, 5.41) is 0. The molecule has 6 rings (SSSR count). The van der Waals surface area contributed by atoms with Crippen LogP contribution in [0.4, 0.5) is 0 Å². The van der Waals surface area contributed by atoms with E-state index in [1.54, 1.807) is 11.1 Å². The summed E-state index contributed by atoms with van der Waals surface area (Å²) in [5.41, 5.74) is 18.7. The van der Waals surface area contributed by atoms with E-state index >= 15 is 0 Å². The Labute approximate surface area is 224 Å². The van der Waals surface area contributed by atoms with Crippen molar-refractivity contribution in [3.05, 3.63) is 130 Å². The zero-order chi connectivity index (χ0) is 25.5. The summed E-state index contributed by atoms with van der Waals surface area (Å²) in [7, 11) is 0.812. The number of fused-ring (bicyclic) bond motifs is 2. The molecule has 0 aliphatic heterocycles. The molecule has 0 saturated carbocycles. The van der Waals surface area contributed by atoms with E-state index in [0.29, 0.717) is 11.1 Å². The van der Waals surface area contributed by atoms with Gasteiger partial charge in [0.15, 0.2) is 0 Å². The molecule has 0 bridgehead atoms. The molecule has 0 N–H and O–H groups in total. The Kier molecular flexibility index (Phi) is 6.34. The van der Waals surface area contributed by atoms with Gasteiger partial charge >= 0.3 is 0 Å². The molecule has 4 aromatic carbocycles. The number of benzene rings is 4. The van der Waals surface area contributed by atoms with Crippen LogP contribution in [-0.4, -0.2) is 9.52 Å². The summed E-state index contributed by atoms with van der Waals surface area (Å²) in [4.78, 5) is 0. The van der Waals surface area contributed by atoms with Gasteiger partial charge in [-0.1, -0.05) is 122 Å². The highest BCUT2D eigenvalue weighted by Crippen LogP contribution is 2.52. The molecule has 0 saturated heterocycles. The monoisotopic (exact) mass is 494 g/mol. The third kappa shape index (κ3) is 3.88. The molecule has 0 fully saturated rings. The van der Waals surface area contributed by atoms with E-state index in [0.717, 1.165) is 22.4 Å². The van der Waals surface area contributed by atoms with Crippen LogP contribution in [0.1, 0.15) is 73.9 Å². The molecular weight excluding hydrogens is 460 g/mol. The Morgan fingerprint density at radius 1 is 0.514 bits per heavy atom.